The third-order valence-electron chi connectivity index (χ3n) is 1.95. The molecule has 0 aliphatic heterocycles. The summed E-state index contributed by atoms with van der Waals surface area (Å²) in [5.41, 5.74) is 0.417. The van der Waals surface area contributed by atoms with Gasteiger partial charge in [-0.2, -0.15) is 16.2 Å². The Morgan fingerprint density at radius 3 is 2.87 bits per heavy atom. The molecule has 0 fully saturated rings. The van der Waals surface area contributed by atoms with E-state index in [0.29, 0.717) is 12.1 Å². The zero-order chi connectivity index (χ0) is 11.3. The van der Waals surface area contributed by atoms with Crippen LogP contribution in [-0.4, -0.2) is 41.4 Å². The van der Waals surface area contributed by atoms with Gasteiger partial charge >= 0.3 is 0 Å². The third kappa shape index (κ3) is 3.51. The van der Waals surface area contributed by atoms with Gasteiger partial charge in [-0.25, -0.2) is 4.98 Å². The van der Waals surface area contributed by atoms with Crippen LogP contribution in [0.4, 0.5) is 4.39 Å². The minimum atomic E-state index is -0.571. The molecule has 1 rings (SSSR count). The molecule has 82 valence electrons. The van der Waals surface area contributed by atoms with Crippen molar-refractivity contribution in [1.82, 2.24) is 9.88 Å². The second kappa shape index (κ2) is 5.70. The number of aromatic nitrogens is 1. The molecule has 0 aliphatic carbocycles. The summed E-state index contributed by atoms with van der Waals surface area (Å²) in [5.74, 6) is 0.187. The van der Waals surface area contributed by atoms with Crippen molar-refractivity contribution in [2.75, 3.05) is 25.6 Å². The highest BCUT2D eigenvalue weighted by Gasteiger charge is 2.11. The number of carbonyl (C=O) groups is 1. The predicted molar refractivity (Wildman–Crippen MR) is 59.5 cm³/mol. The van der Waals surface area contributed by atoms with Gasteiger partial charge in [0.25, 0.3) is 5.91 Å². The molecule has 0 bridgehead atoms. The topological polar surface area (TPSA) is 33.2 Å². The molecule has 5 heteroatoms. The van der Waals surface area contributed by atoms with E-state index in [2.05, 4.69) is 4.98 Å². The van der Waals surface area contributed by atoms with Gasteiger partial charge in [-0.05, 0) is 18.4 Å². The molecule has 0 aliphatic rings. The number of carbonyl (C=O) groups excluding carboxylic acids is 1. The predicted octanol–water partition coefficient (Wildman–Crippen LogP) is 1.66. The van der Waals surface area contributed by atoms with Crippen LogP contribution in [-0.2, 0) is 0 Å². The Morgan fingerprint density at radius 2 is 2.33 bits per heavy atom. The van der Waals surface area contributed by atoms with E-state index in [1.807, 2.05) is 6.26 Å². The molecule has 0 saturated heterocycles. The Morgan fingerprint density at radius 1 is 1.60 bits per heavy atom. The summed E-state index contributed by atoms with van der Waals surface area (Å²) < 4.78 is 12.5. The molecule has 1 amide bonds. The summed E-state index contributed by atoms with van der Waals surface area (Å²) in [5, 5.41) is 0. The molecule has 0 unspecified atom stereocenters. The van der Waals surface area contributed by atoms with Crippen molar-refractivity contribution in [1.29, 1.82) is 0 Å². The van der Waals surface area contributed by atoms with Crippen molar-refractivity contribution in [3.05, 3.63) is 29.8 Å². The second-order valence-electron chi connectivity index (χ2n) is 3.09. The fourth-order valence-corrected chi connectivity index (χ4v) is 1.51. The Hall–Kier alpha value is -1.10. The van der Waals surface area contributed by atoms with Crippen LogP contribution in [0.15, 0.2) is 18.3 Å². The molecule has 0 radical (unpaired) electrons. The monoisotopic (exact) mass is 228 g/mol. The van der Waals surface area contributed by atoms with Crippen LogP contribution < -0.4 is 0 Å². The number of hydrogen-bond acceptors (Lipinski definition) is 3. The molecule has 1 heterocycles. The van der Waals surface area contributed by atoms with E-state index in [1.54, 1.807) is 23.7 Å². The van der Waals surface area contributed by atoms with Crippen molar-refractivity contribution in [2.24, 2.45) is 0 Å². The molecule has 0 spiro atoms. The van der Waals surface area contributed by atoms with Gasteiger partial charge in [-0.3, -0.25) is 4.79 Å². The summed E-state index contributed by atoms with van der Waals surface area (Å²) in [6, 6.07) is 2.63. The maximum Gasteiger partial charge on any atom is 0.255 e. The van der Waals surface area contributed by atoms with E-state index < -0.39 is 5.95 Å². The van der Waals surface area contributed by atoms with Gasteiger partial charge in [-0.1, -0.05) is 0 Å². The van der Waals surface area contributed by atoms with E-state index in [1.165, 1.54) is 18.3 Å². The van der Waals surface area contributed by atoms with Crippen molar-refractivity contribution >= 4 is 17.7 Å². The van der Waals surface area contributed by atoms with Gasteiger partial charge < -0.3 is 4.90 Å². The molecule has 0 saturated carbocycles. The summed E-state index contributed by atoms with van der Waals surface area (Å²) in [4.78, 5) is 16.8. The maximum atomic E-state index is 12.5. The first-order valence-electron chi connectivity index (χ1n) is 4.51. The fraction of sp³-hybridized carbons (Fsp3) is 0.400. The number of halogens is 1. The van der Waals surface area contributed by atoms with Gasteiger partial charge in [0.05, 0.1) is 5.56 Å². The lowest BCUT2D eigenvalue weighted by molar-refractivity contribution is 0.0803. The van der Waals surface area contributed by atoms with E-state index in [-0.39, 0.29) is 5.91 Å². The number of thioether (sulfide) groups is 1. The number of pyridine rings is 1. The SMILES string of the molecule is CSCCN(C)C(=O)c1ccc(F)nc1. The molecule has 1 aromatic rings. The highest BCUT2D eigenvalue weighted by atomic mass is 32.2. The van der Waals surface area contributed by atoms with Gasteiger partial charge in [0.1, 0.15) is 0 Å². The van der Waals surface area contributed by atoms with Gasteiger partial charge in [0.2, 0.25) is 5.95 Å². The highest BCUT2D eigenvalue weighted by Crippen LogP contribution is 2.04. The van der Waals surface area contributed by atoms with Crippen molar-refractivity contribution in [3.8, 4) is 0 Å². The van der Waals surface area contributed by atoms with Crippen LogP contribution in [0.25, 0.3) is 0 Å². The van der Waals surface area contributed by atoms with Gasteiger partial charge in [0.15, 0.2) is 0 Å². The highest BCUT2D eigenvalue weighted by molar-refractivity contribution is 7.98. The molecule has 0 atom stereocenters. The molecular formula is C10H13FN2OS. The van der Waals surface area contributed by atoms with Crippen LogP contribution in [0.3, 0.4) is 0 Å². The summed E-state index contributed by atoms with van der Waals surface area (Å²) >= 11 is 1.68. The van der Waals surface area contributed by atoms with E-state index in [0.717, 1.165) is 5.75 Å². The summed E-state index contributed by atoms with van der Waals surface area (Å²) in [7, 11) is 1.72. The zero-order valence-corrected chi connectivity index (χ0v) is 9.55. The standard InChI is InChI=1S/C10H13FN2OS/c1-13(5-6-15-2)10(14)8-3-4-9(11)12-7-8/h3-4,7H,5-6H2,1-2H3. The van der Waals surface area contributed by atoms with Gasteiger partial charge in [0, 0.05) is 25.5 Å². The molecule has 3 nitrogen and oxygen atoms in total. The van der Waals surface area contributed by atoms with E-state index in [4.69, 9.17) is 0 Å². The smallest absolute Gasteiger partial charge is 0.255 e. The minimum Gasteiger partial charge on any atom is -0.341 e. The Labute approximate surface area is 92.7 Å². The average molecular weight is 228 g/mol. The molecule has 1 aromatic heterocycles. The van der Waals surface area contributed by atoms with E-state index in [9.17, 15) is 9.18 Å². The Bertz CT molecular complexity index is 329. The quantitative estimate of drug-likeness (QED) is 0.735. The van der Waals surface area contributed by atoms with Crippen molar-refractivity contribution in [2.45, 2.75) is 0 Å². The number of nitrogens with zero attached hydrogens (tertiary/aromatic N) is 2. The number of hydrogen-bond donors (Lipinski definition) is 0. The first-order valence-corrected chi connectivity index (χ1v) is 5.90. The fourth-order valence-electron chi connectivity index (χ4n) is 1.05. The van der Waals surface area contributed by atoms with Crippen LogP contribution in [0.5, 0.6) is 0 Å². The average Bonchev–Trinajstić information content (AvgIpc) is 2.26. The third-order valence-corrected chi connectivity index (χ3v) is 2.54. The van der Waals surface area contributed by atoms with E-state index >= 15 is 0 Å². The minimum absolute atomic E-state index is 0.128. The maximum absolute atomic E-state index is 12.5. The van der Waals surface area contributed by atoms with Crippen LogP contribution in [0, 0.1) is 5.95 Å². The second-order valence-corrected chi connectivity index (χ2v) is 4.07. The van der Waals surface area contributed by atoms with Crippen LogP contribution in [0.2, 0.25) is 0 Å². The largest absolute Gasteiger partial charge is 0.341 e. The first-order chi connectivity index (χ1) is 7.15. The lowest BCUT2D eigenvalue weighted by Gasteiger charge is -2.15. The molecule has 0 N–H and O–H groups in total. The van der Waals surface area contributed by atoms with Crippen molar-refractivity contribution < 1.29 is 9.18 Å². The van der Waals surface area contributed by atoms with Crippen molar-refractivity contribution in [3.63, 3.8) is 0 Å². The Balaban J connectivity index is 2.63. The van der Waals surface area contributed by atoms with Gasteiger partial charge in [-0.15, -0.1) is 0 Å². The summed E-state index contributed by atoms with van der Waals surface area (Å²) in [6.07, 6.45) is 3.24. The first kappa shape index (κ1) is 12.0. The molecule has 0 aromatic carbocycles. The Kier molecular flexibility index (Phi) is 4.55. The number of amides is 1. The van der Waals surface area contributed by atoms with Crippen LogP contribution in [0.1, 0.15) is 10.4 Å². The lowest BCUT2D eigenvalue weighted by Crippen LogP contribution is -2.28. The molecular weight excluding hydrogens is 215 g/mol. The summed E-state index contributed by atoms with van der Waals surface area (Å²) in [6.45, 7) is 0.678. The normalized spacial score (nSPS) is 10.1. The molecule has 15 heavy (non-hydrogen) atoms. The van der Waals surface area contributed by atoms with Crippen LogP contribution >= 0.6 is 11.8 Å². The lowest BCUT2D eigenvalue weighted by atomic mass is 10.2. The number of rotatable bonds is 4. The zero-order valence-electron chi connectivity index (χ0n) is 8.74.